The third-order valence-corrected chi connectivity index (χ3v) is 3.80. The maximum absolute atomic E-state index is 11.7. The number of hydrogen-bond acceptors (Lipinski definition) is 4. The summed E-state index contributed by atoms with van der Waals surface area (Å²) in [5.74, 6) is 0.189. The quantitative estimate of drug-likeness (QED) is 0.756. The molecule has 0 aromatic carbocycles. The van der Waals surface area contributed by atoms with Gasteiger partial charge in [0.15, 0.2) is 0 Å². The zero-order valence-corrected chi connectivity index (χ0v) is 13.7. The van der Waals surface area contributed by atoms with Gasteiger partial charge in [-0.15, -0.1) is 0 Å². The Morgan fingerprint density at radius 3 is 2.45 bits per heavy atom. The van der Waals surface area contributed by atoms with E-state index in [0.29, 0.717) is 12.6 Å². The van der Waals surface area contributed by atoms with E-state index < -0.39 is 0 Å². The van der Waals surface area contributed by atoms with Crippen LogP contribution >= 0.6 is 0 Å². The lowest BCUT2D eigenvalue weighted by Crippen LogP contribution is -2.49. The van der Waals surface area contributed by atoms with Crippen LogP contribution in [0.5, 0.6) is 0 Å². The lowest BCUT2D eigenvalue weighted by atomic mass is 10.0. The highest BCUT2D eigenvalue weighted by atomic mass is 16.5. The van der Waals surface area contributed by atoms with Gasteiger partial charge >= 0.3 is 0 Å². The molecule has 0 radical (unpaired) electrons. The molecule has 20 heavy (non-hydrogen) atoms. The van der Waals surface area contributed by atoms with E-state index in [4.69, 9.17) is 4.74 Å². The second-order valence-electron chi connectivity index (χ2n) is 6.41. The number of rotatable bonds is 7. The summed E-state index contributed by atoms with van der Waals surface area (Å²) in [4.78, 5) is 15.6. The molecule has 5 nitrogen and oxygen atoms in total. The molecule has 0 spiro atoms. The fourth-order valence-electron chi connectivity index (χ4n) is 2.46. The molecular formula is C15H31N3O2. The van der Waals surface area contributed by atoms with E-state index in [9.17, 15) is 4.79 Å². The number of likely N-dealkylation sites (N-methyl/N-ethyl adjacent to an activating group) is 1. The average molecular weight is 285 g/mol. The minimum Gasteiger partial charge on any atom is -0.375 e. The first kappa shape index (κ1) is 17.4. The molecule has 1 aliphatic heterocycles. The van der Waals surface area contributed by atoms with Crippen molar-refractivity contribution in [2.24, 2.45) is 0 Å². The second kappa shape index (κ2) is 7.96. The smallest absolute Gasteiger partial charge is 0.236 e. The number of carbonyl (C=O) groups is 1. The van der Waals surface area contributed by atoms with Crippen LogP contribution in [0.2, 0.25) is 0 Å². The first-order valence-electron chi connectivity index (χ1n) is 7.64. The van der Waals surface area contributed by atoms with Gasteiger partial charge in [0.1, 0.15) is 0 Å². The van der Waals surface area contributed by atoms with Crippen molar-refractivity contribution in [1.29, 1.82) is 0 Å². The van der Waals surface area contributed by atoms with Crippen molar-refractivity contribution in [2.75, 3.05) is 46.9 Å². The number of hydrogen-bond donors (Lipinski definition) is 1. The number of amides is 1. The van der Waals surface area contributed by atoms with Gasteiger partial charge in [-0.3, -0.25) is 9.69 Å². The Hall–Kier alpha value is -0.650. The minimum atomic E-state index is -0.104. The normalized spacial score (nSPS) is 18.2. The summed E-state index contributed by atoms with van der Waals surface area (Å²) in [6.07, 6.45) is 2.20. The first-order valence-corrected chi connectivity index (χ1v) is 7.64. The Morgan fingerprint density at radius 2 is 1.95 bits per heavy atom. The summed E-state index contributed by atoms with van der Waals surface area (Å²) < 4.78 is 5.70. The molecule has 1 rings (SSSR count). The zero-order valence-electron chi connectivity index (χ0n) is 13.7. The van der Waals surface area contributed by atoms with Crippen LogP contribution in [0.25, 0.3) is 0 Å². The monoisotopic (exact) mass is 285 g/mol. The number of ether oxygens (including phenoxy) is 1. The third-order valence-electron chi connectivity index (χ3n) is 3.80. The predicted molar refractivity (Wildman–Crippen MR) is 81.9 cm³/mol. The van der Waals surface area contributed by atoms with E-state index in [0.717, 1.165) is 39.1 Å². The average Bonchev–Trinajstić information content (AvgIpc) is 2.38. The van der Waals surface area contributed by atoms with Crippen molar-refractivity contribution in [3.63, 3.8) is 0 Å². The van der Waals surface area contributed by atoms with E-state index >= 15 is 0 Å². The second-order valence-corrected chi connectivity index (χ2v) is 6.41. The fourth-order valence-corrected chi connectivity index (χ4v) is 2.46. The van der Waals surface area contributed by atoms with E-state index in [1.165, 1.54) is 0 Å². The van der Waals surface area contributed by atoms with Gasteiger partial charge < -0.3 is 15.0 Å². The van der Waals surface area contributed by atoms with E-state index in [1.54, 1.807) is 4.90 Å². The highest BCUT2D eigenvalue weighted by Gasteiger charge is 2.24. The molecule has 1 N–H and O–H groups in total. The van der Waals surface area contributed by atoms with Crippen LogP contribution in [-0.2, 0) is 9.53 Å². The number of carbonyl (C=O) groups excluding carboxylic acids is 1. The van der Waals surface area contributed by atoms with Crippen molar-refractivity contribution in [3.8, 4) is 0 Å². The summed E-state index contributed by atoms with van der Waals surface area (Å²) in [5, 5.41) is 3.60. The maximum Gasteiger partial charge on any atom is 0.236 e. The van der Waals surface area contributed by atoms with Crippen LogP contribution in [0.15, 0.2) is 0 Å². The van der Waals surface area contributed by atoms with Crippen LogP contribution in [0.1, 0.15) is 33.6 Å². The molecule has 1 saturated heterocycles. The highest BCUT2D eigenvalue weighted by molar-refractivity contribution is 5.77. The molecule has 1 heterocycles. The SMILES string of the molecule is CCOC(C)(C)CNC1CCN(CC(=O)N(C)C)CC1. The Balaban J connectivity index is 2.24. The van der Waals surface area contributed by atoms with E-state index in [-0.39, 0.29) is 11.5 Å². The lowest BCUT2D eigenvalue weighted by molar-refractivity contribution is -0.130. The van der Waals surface area contributed by atoms with Gasteiger partial charge in [0.25, 0.3) is 0 Å². The number of nitrogens with one attached hydrogen (secondary N) is 1. The largest absolute Gasteiger partial charge is 0.375 e. The number of nitrogens with zero attached hydrogens (tertiary/aromatic N) is 2. The molecule has 1 fully saturated rings. The zero-order chi connectivity index (χ0) is 15.2. The van der Waals surface area contributed by atoms with Gasteiger partial charge in [0.2, 0.25) is 5.91 Å². The van der Waals surface area contributed by atoms with Crippen LogP contribution in [-0.4, -0.2) is 74.2 Å². The Kier molecular flexibility index (Phi) is 6.92. The van der Waals surface area contributed by atoms with Crippen molar-refractivity contribution in [1.82, 2.24) is 15.1 Å². The fraction of sp³-hybridized carbons (Fsp3) is 0.933. The van der Waals surface area contributed by atoms with Gasteiger partial charge in [0.05, 0.1) is 12.1 Å². The maximum atomic E-state index is 11.7. The summed E-state index contributed by atoms with van der Waals surface area (Å²) in [5.41, 5.74) is -0.104. The first-order chi connectivity index (χ1) is 9.34. The predicted octanol–water partition coefficient (Wildman–Crippen LogP) is 0.944. The van der Waals surface area contributed by atoms with Gasteiger partial charge in [-0.05, 0) is 33.6 Å². The van der Waals surface area contributed by atoms with Gasteiger partial charge in [-0.2, -0.15) is 0 Å². The lowest BCUT2D eigenvalue weighted by Gasteiger charge is -2.34. The van der Waals surface area contributed by atoms with Crippen molar-refractivity contribution < 1.29 is 9.53 Å². The van der Waals surface area contributed by atoms with Crippen LogP contribution in [0, 0.1) is 0 Å². The van der Waals surface area contributed by atoms with E-state index in [2.05, 4.69) is 24.1 Å². The number of piperidine rings is 1. The van der Waals surface area contributed by atoms with Crippen molar-refractivity contribution in [2.45, 2.75) is 45.3 Å². The van der Waals surface area contributed by atoms with E-state index in [1.807, 2.05) is 21.0 Å². The summed E-state index contributed by atoms with van der Waals surface area (Å²) in [6, 6.07) is 0.542. The molecule has 0 aromatic heterocycles. The molecule has 0 unspecified atom stereocenters. The number of likely N-dealkylation sites (tertiary alicyclic amines) is 1. The highest BCUT2D eigenvalue weighted by Crippen LogP contribution is 2.13. The van der Waals surface area contributed by atoms with Gasteiger partial charge in [0, 0.05) is 46.4 Å². The van der Waals surface area contributed by atoms with Crippen LogP contribution < -0.4 is 5.32 Å². The molecule has 0 atom stereocenters. The summed E-state index contributed by atoms with van der Waals surface area (Å²) >= 11 is 0. The molecular weight excluding hydrogens is 254 g/mol. The molecule has 0 aliphatic carbocycles. The van der Waals surface area contributed by atoms with Gasteiger partial charge in [-0.1, -0.05) is 0 Å². The van der Waals surface area contributed by atoms with Crippen LogP contribution in [0.4, 0.5) is 0 Å². The third kappa shape index (κ3) is 6.20. The topological polar surface area (TPSA) is 44.8 Å². The van der Waals surface area contributed by atoms with Crippen LogP contribution in [0.3, 0.4) is 0 Å². The Bertz CT molecular complexity index is 297. The van der Waals surface area contributed by atoms with Crippen molar-refractivity contribution >= 4 is 5.91 Å². The minimum absolute atomic E-state index is 0.104. The summed E-state index contributed by atoms with van der Waals surface area (Å²) in [7, 11) is 3.62. The Labute approximate surface area is 123 Å². The molecule has 0 bridgehead atoms. The summed E-state index contributed by atoms with van der Waals surface area (Å²) in [6.45, 7) is 10.4. The molecule has 118 valence electrons. The molecule has 5 heteroatoms. The molecule has 1 amide bonds. The van der Waals surface area contributed by atoms with Crippen molar-refractivity contribution in [3.05, 3.63) is 0 Å². The Morgan fingerprint density at radius 1 is 1.35 bits per heavy atom. The molecule has 0 aromatic rings. The van der Waals surface area contributed by atoms with Gasteiger partial charge in [-0.25, -0.2) is 0 Å². The molecule has 1 aliphatic rings. The standard InChI is InChI=1S/C15H31N3O2/c1-6-20-15(2,3)12-16-13-7-9-18(10-8-13)11-14(19)17(4)5/h13,16H,6-12H2,1-5H3. The molecule has 0 saturated carbocycles.